The van der Waals surface area contributed by atoms with Crippen LogP contribution in [0.25, 0.3) is 0 Å². The minimum absolute atomic E-state index is 0.194. The van der Waals surface area contributed by atoms with E-state index in [1.165, 1.54) is 6.26 Å². The van der Waals surface area contributed by atoms with Crippen LogP contribution in [0.5, 0.6) is 0 Å². The zero-order valence-corrected chi connectivity index (χ0v) is 13.5. The lowest BCUT2D eigenvalue weighted by atomic mass is 9.85. The molecule has 1 aliphatic rings. The van der Waals surface area contributed by atoms with E-state index in [1.54, 1.807) is 13.8 Å². The van der Waals surface area contributed by atoms with Crippen LogP contribution in [0.4, 0.5) is 0 Å². The van der Waals surface area contributed by atoms with Gasteiger partial charge >= 0.3 is 5.97 Å². The number of carboxylic acid groups (broad SMARTS) is 1. The zero-order valence-electron chi connectivity index (χ0n) is 12.7. The number of aliphatic carboxylic acids is 1. The summed E-state index contributed by atoms with van der Waals surface area (Å²) in [7, 11) is -3.00. The van der Waals surface area contributed by atoms with Gasteiger partial charge in [-0.2, -0.15) is 0 Å². The molecule has 1 aliphatic carbocycles. The van der Waals surface area contributed by atoms with Crippen molar-refractivity contribution >= 4 is 15.8 Å². The second-order valence-electron chi connectivity index (χ2n) is 6.91. The molecule has 1 fully saturated rings. The third-order valence-electron chi connectivity index (χ3n) is 4.18. The predicted octanol–water partition coefficient (Wildman–Crippen LogP) is 2.42. The molecule has 0 unspecified atom stereocenters. The van der Waals surface area contributed by atoms with E-state index in [-0.39, 0.29) is 11.2 Å². The van der Waals surface area contributed by atoms with Gasteiger partial charge in [0.25, 0.3) is 0 Å². The van der Waals surface area contributed by atoms with Crippen molar-refractivity contribution in [2.75, 3.05) is 12.0 Å². The molecule has 0 spiro atoms. The molecule has 2 rings (SSSR count). The van der Waals surface area contributed by atoms with Crippen LogP contribution in [0.1, 0.15) is 37.8 Å². The molecule has 0 heterocycles. The summed E-state index contributed by atoms with van der Waals surface area (Å²) in [6, 6.07) is 7.74. The Kier molecular flexibility index (Phi) is 3.91. The number of sulfone groups is 1. The van der Waals surface area contributed by atoms with Gasteiger partial charge in [-0.3, -0.25) is 4.79 Å². The van der Waals surface area contributed by atoms with E-state index in [2.05, 4.69) is 0 Å². The van der Waals surface area contributed by atoms with E-state index in [4.69, 9.17) is 5.11 Å². The van der Waals surface area contributed by atoms with Gasteiger partial charge in [0.05, 0.1) is 11.2 Å². The highest BCUT2D eigenvalue weighted by Gasteiger charge is 2.46. The molecular weight excluding hydrogens is 288 g/mol. The molecule has 0 bridgehead atoms. The maximum atomic E-state index is 11.5. The van der Waals surface area contributed by atoms with Crippen molar-refractivity contribution in [1.82, 2.24) is 0 Å². The smallest absolute Gasteiger partial charge is 0.309 e. The zero-order chi connectivity index (χ0) is 15.9. The molecule has 4 nitrogen and oxygen atoms in total. The van der Waals surface area contributed by atoms with Crippen molar-refractivity contribution in [3.8, 4) is 0 Å². The van der Waals surface area contributed by atoms with Crippen LogP contribution in [0, 0.1) is 5.41 Å². The summed E-state index contributed by atoms with van der Waals surface area (Å²) in [5.74, 6) is -0.623. The van der Waals surface area contributed by atoms with Crippen LogP contribution in [0.2, 0.25) is 0 Å². The van der Waals surface area contributed by atoms with Crippen molar-refractivity contribution in [2.24, 2.45) is 5.41 Å². The van der Waals surface area contributed by atoms with E-state index >= 15 is 0 Å². The Labute approximate surface area is 126 Å². The Bertz CT molecular complexity index is 637. The van der Waals surface area contributed by atoms with Gasteiger partial charge in [-0.25, -0.2) is 8.42 Å². The number of hydrogen-bond acceptors (Lipinski definition) is 3. The van der Waals surface area contributed by atoms with Crippen LogP contribution in [0.3, 0.4) is 0 Å². The second-order valence-corrected chi connectivity index (χ2v) is 9.05. The molecule has 0 saturated heterocycles. The van der Waals surface area contributed by atoms with Crippen LogP contribution in [-0.4, -0.2) is 31.5 Å². The van der Waals surface area contributed by atoms with Gasteiger partial charge in [0.2, 0.25) is 0 Å². The normalized spacial score (nSPS) is 17.5. The fourth-order valence-corrected chi connectivity index (χ4v) is 4.19. The molecule has 21 heavy (non-hydrogen) atoms. The molecule has 0 aromatic heterocycles. The average molecular weight is 310 g/mol. The van der Waals surface area contributed by atoms with E-state index in [9.17, 15) is 13.2 Å². The Hall–Kier alpha value is -1.36. The molecule has 0 atom stereocenters. The summed E-state index contributed by atoms with van der Waals surface area (Å²) in [5.41, 5.74) is 0.992. The molecule has 0 aliphatic heterocycles. The average Bonchev–Trinajstić information content (AvgIpc) is 3.07. The highest BCUT2D eigenvalue weighted by atomic mass is 32.2. The maximum absolute atomic E-state index is 11.5. The Morgan fingerprint density at radius 1 is 1.24 bits per heavy atom. The van der Waals surface area contributed by atoms with Gasteiger partial charge in [0.1, 0.15) is 9.84 Å². The van der Waals surface area contributed by atoms with E-state index < -0.39 is 21.2 Å². The lowest BCUT2D eigenvalue weighted by molar-refractivity contribution is -0.146. The summed E-state index contributed by atoms with van der Waals surface area (Å²) in [5, 5.41) is 9.16. The van der Waals surface area contributed by atoms with Gasteiger partial charge in [-0.1, -0.05) is 24.3 Å². The number of hydrogen-bond donors (Lipinski definition) is 1. The largest absolute Gasteiger partial charge is 0.481 e. The summed E-state index contributed by atoms with van der Waals surface area (Å²) in [6.45, 7) is 3.41. The molecule has 116 valence electrons. The third kappa shape index (κ3) is 3.84. The van der Waals surface area contributed by atoms with Gasteiger partial charge in [0.15, 0.2) is 0 Å². The predicted molar refractivity (Wildman–Crippen MR) is 82.2 cm³/mol. The third-order valence-corrected chi connectivity index (χ3v) is 5.26. The lowest BCUT2D eigenvalue weighted by Gasteiger charge is -2.20. The fraction of sp³-hybridized carbons (Fsp3) is 0.562. The van der Waals surface area contributed by atoms with Crippen LogP contribution in [0.15, 0.2) is 24.3 Å². The van der Waals surface area contributed by atoms with Crippen molar-refractivity contribution in [2.45, 2.75) is 38.5 Å². The Morgan fingerprint density at radius 3 is 2.14 bits per heavy atom. The second kappa shape index (κ2) is 5.13. The van der Waals surface area contributed by atoms with Crippen molar-refractivity contribution in [3.63, 3.8) is 0 Å². The van der Waals surface area contributed by atoms with Crippen LogP contribution in [-0.2, 0) is 26.5 Å². The molecule has 1 aromatic rings. The topological polar surface area (TPSA) is 71.4 Å². The lowest BCUT2D eigenvalue weighted by Crippen LogP contribution is -2.26. The maximum Gasteiger partial charge on any atom is 0.309 e. The molecule has 1 saturated carbocycles. The minimum atomic E-state index is -3.00. The molecule has 5 heteroatoms. The van der Waals surface area contributed by atoms with Gasteiger partial charge < -0.3 is 5.11 Å². The summed E-state index contributed by atoms with van der Waals surface area (Å²) in [4.78, 5) is 11.2. The monoisotopic (exact) mass is 310 g/mol. The first kappa shape index (κ1) is 16.0. The molecule has 1 N–H and O–H groups in total. The standard InChI is InChI=1S/C16H22O4S/c1-15(2,14(17)18)10-12-4-6-13(7-5-12)16(8-9-16)11-21(3,19)20/h4-7H,8-11H2,1-3H3,(H,17,18). The first-order valence-corrected chi connectivity index (χ1v) is 9.11. The quantitative estimate of drug-likeness (QED) is 0.876. The van der Waals surface area contributed by atoms with Crippen molar-refractivity contribution < 1.29 is 18.3 Å². The highest BCUT2D eigenvalue weighted by Crippen LogP contribution is 2.49. The van der Waals surface area contributed by atoms with E-state index in [0.717, 1.165) is 24.0 Å². The summed E-state index contributed by atoms with van der Waals surface area (Å²) < 4.78 is 23.0. The fourth-order valence-electron chi connectivity index (χ4n) is 2.73. The molecule has 0 amide bonds. The van der Waals surface area contributed by atoms with Gasteiger partial charge in [-0.15, -0.1) is 0 Å². The van der Waals surface area contributed by atoms with Gasteiger partial charge in [0, 0.05) is 11.7 Å². The first-order valence-electron chi connectivity index (χ1n) is 7.05. The number of carboxylic acids is 1. The van der Waals surface area contributed by atoms with Crippen LogP contribution >= 0.6 is 0 Å². The number of benzene rings is 1. The van der Waals surface area contributed by atoms with E-state index in [0.29, 0.717) is 6.42 Å². The van der Waals surface area contributed by atoms with Crippen molar-refractivity contribution in [1.29, 1.82) is 0 Å². The minimum Gasteiger partial charge on any atom is -0.481 e. The summed E-state index contributed by atoms with van der Waals surface area (Å²) in [6.07, 6.45) is 3.54. The van der Waals surface area contributed by atoms with E-state index in [1.807, 2.05) is 24.3 Å². The van der Waals surface area contributed by atoms with Crippen LogP contribution < -0.4 is 0 Å². The van der Waals surface area contributed by atoms with Gasteiger partial charge in [-0.05, 0) is 44.2 Å². The molecular formula is C16H22O4S. The Morgan fingerprint density at radius 2 is 1.76 bits per heavy atom. The Balaban J connectivity index is 2.15. The highest BCUT2D eigenvalue weighted by molar-refractivity contribution is 7.90. The molecule has 1 aromatic carbocycles. The summed E-state index contributed by atoms with van der Waals surface area (Å²) >= 11 is 0. The SMILES string of the molecule is CC(C)(Cc1ccc(C2(CS(C)(=O)=O)CC2)cc1)C(=O)O. The molecule has 0 radical (unpaired) electrons. The van der Waals surface area contributed by atoms with Crippen molar-refractivity contribution in [3.05, 3.63) is 35.4 Å². The number of carbonyl (C=O) groups is 1. The first-order chi connectivity index (χ1) is 9.54. The number of rotatable bonds is 6.